The number of aromatic amines is 2. The SMILES string of the molecule is CC(C)(C)c1cc(=S)[nH]c(=O)[nH]1. The second-order valence-electron chi connectivity index (χ2n) is 3.75. The van der Waals surface area contributed by atoms with Crippen LogP contribution < -0.4 is 5.69 Å². The van der Waals surface area contributed by atoms with E-state index in [1.54, 1.807) is 6.07 Å². The predicted octanol–water partition coefficient (Wildman–Crippen LogP) is 1.73. The number of hydrogen-bond acceptors (Lipinski definition) is 2. The van der Waals surface area contributed by atoms with Gasteiger partial charge < -0.3 is 4.98 Å². The maximum Gasteiger partial charge on any atom is 0.324 e. The third-order valence-corrected chi connectivity index (χ3v) is 1.79. The van der Waals surface area contributed by atoms with Crippen LogP contribution in [0.4, 0.5) is 0 Å². The van der Waals surface area contributed by atoms with E-state index in [9.17, 15) is 4.79 Å². The van der Waals surface area contributed by atoms with Crippen molar-refractivity contribution < 1.29 is 0 Å². The maximum absolute atomic E-state index is 11.0. The van der Waals surface area contributed by atoms with E-state index in [2.05, 4.69) is 9.97 Å². The predicted molar refractivity (Wildman–Crippen MR) is 50.9 cm³/mol. The van der Waals surface area contributed by atoms with E-state index < -0.39 is 0 Å². The van der Waals surface area contributed by atoms with Gasteiger partial charge in [-0.1, -0.05) is 33.0 Å². The fourth-order valence-corrected chi connectivity index (χ4v) is 1.08. The lowest BCUT2D eigenvalue weighted by Gasteiger charge is -2.17. The van der Waals surface area contributed by atoms with Crippen molar-refractivity contribution in [3.05, 3.63) is 26.9 Å². The number of H-pyrrole nitrogens is 2. The van der Waals surface area contributed by atoms with E-state index >= 15 is 0 Å². The van der Waals surface area contributed by atoms with Gasteiger partial charge in [0.2, 0.25) is 0 Å². The molecule has 0 unspecified atom stereocenters. The van der Waals surface area contributed by atoms with Crippen LogP contribution >= 0.6 is 12.2 Å². The Balaban J connectivity index is 3.37. The Hall–Kier alpha value is -0.900. The van der Waals surface area contributed by atoms with Crippen molar-refractivity contribution in [1.82, 2.24) is 9.97 Å². The molecule has 0 spiro atoms. The van der Waals surface area contributed by atoms with Gasteiger partial charge in [0, 0.05) is 11.1 Å². The van der Waals surface area contributed by atoms with Crippen LogP contribution in [-0.4, -0.2) is 9.97 Å². The first-order valence-corrected chi connectivity index (χ1v) is 4.14. The van der Waals surface area contributed by atoms with Crippen LogP contribution in [0.2, 0.25) is 0 Å². The molecular weight excluding hydrogens is 172 g/mol. The van der Waals surface area contributed by atoms with Crippen LogP contribution in [0.25, 0.3) is 0 Å². The van der Waals surface area contributed by atoms with Crippen LogP contribution in [0.1, 0.15) is 26.5 Å². The normalized spacial score (nSPS) is 11.6. The van der Waals surface area contributed by atoms with Gasteiger partial charge in [-0.25, -0.2) is 4.79 Å². The van der Waals surface area contributed by atoms with Crippen LogP contribution in [0, 0.1) is 4.64 Å². The zero-order valence-electron chi connectivity index (χ0n) is 7.39. The van der Waals surface area contributed by atoms with Crippen LogP contribution in [-0.2, 0) is 5.41 Å². The summed E-state index contributed by atoms with van der Waals surface area (Å²) in [4.78, 5) is 16.2. The zero-order valence-corrected chi connectivity index (χ0v) is 8.21. The van der Waals surface area contributed by atoms with E-state index in [1.807, 2.05) is 20.8 Å². The standard InChI is InChI=1S/C8H12N2OS/c1-8(2,3)5-4-6(12)10-7(11)9-5/h4H,1-3H3,(H2,9,10,11,12). The summed E-state index contributed by atoms with van der Waals surface area (Å²) < 4.78 is 0.476. The summed E-state index contributed by atoms with van der Waals surface area (Å²) in [5.74, 6) is 0. The second kappa shape index (κ2) is 2.86. The molecule has 3 nitrogen and oxygen atoms in total. The monoisotopic (exact) mass is 184 g/mol. The van der Waals surface area contributed by atoms with Gasteiger partial charge in [0.15, 0.2) is 0 Å². The average Bonchev–Trinajstić information content (AvgIpc) is 1.82. The highest BCUT2D eigenvalue weighted by atomic mass is 32.1. The minimum absolute atomic E-state index is 0.0676. The number of hydrogen-bond donors (Lipinski definition) is 2. The van der Waals surface area contributed by atoms with Crippen molar-refractivity contribution >= 4 is 12.2 Å². The molecule has 0 saturated carbocycles. The lowest BCUT2D eigenvalue weighted by molar-refractivity contribution is 0.563. The molecule has 1 aromatic heterocycles. The van der Waals surface area contributed by atoms with Crippen LogP contribution in [0.3, 0.4) is 0 Å². The maximum atomic E-state index is 11.0. The third kappa shape index (κ3) is 2.04. The van der Waals surface area contributed by atoms with Gasteiger partial charge in [0.1, 0.15) is 4.64 Å². The Morgan fingerprint density at radius 3 is 2.33 bits per heavy atom. The lowest BCUT2D eigenvalue weighted by atomic mass is 9.92. The summed E-state index contributed by atoms with van der Waals surface area (Å²) in [6.07, 6.45) is 0. The molecule has 12 heavy (non-hydrogen) atoms. The quantitative estimate of drug-likeness (QED) is 0.603. The lowest BCUT2D eigenvalue weighted by Crippen LogP contribution is -2.21. The molecule has 0 aliphatic carbocycles. The highest BCUT2D eigenvalue weighted by Gasteiger charge is 2.14. The molecule has 2 N–H and O–H groups in total. The Bertz CT molecular complexity index is 355. The number of rotatable bonds is 0. The van der Waals surface area contributed by atoms with E-state index in [-0.39, 0.29) is 11.1 Å². The minimum Gasteiger partial charge on any atom is -0.311 e. The first-order chi connectivity index (χ1) is 5.39. The van der Waals surface area contributed by atoms with E-state index in [0.717, 1.165) is 5.69 Å². The number of aromatic nitrogens is 2. The molecule has 0 aliphatic heterocycles. The van der Waals surface area contributed by atoms with Gasteiger partial charge >= 0.3 is 5.69 Å². The van der Waals surface area contributed by atoms with Gasteiger partial charge in [-0.15, -0.1) is 0 Å². The third-order valence-electron chi connectivity index (χ3n) is 1.57. The van der Waals surface area contributed by atoms with Gasteiger partial charge in [-0.3, -0.25) is 4.98 Å². The molecule has 4 heteroatoms. The zero-order chi connectivity index (χ0) is 9.35. The van der Waals surface area contributed by atoms with Gasteiger partial charge in [0.25, 0.3) is 0 Å². The van der Waals surface area contributed by atoms with E-state index in [4.69, 9.17) is 12.2 Å². The van der Waals surface area contributed by atoms with Crippen molar-refractivity contribution in [2.75, 3.05) is 0 Å². The minimum atomic E-state index is -0.243. The number of nitrogens with one attached hydrogen (secondary N) is 2. The summed E-state index contributed by atoms with van der Waals surface area (Å²) in [7, 11) is 0. The molecule has 0 amide bonds. The van der Waals surface area contributed by atoms with E-state index in [0.29, 0.717) is 4.64 Å². The first-order valence-electron chi connectivity index (χ1n) is 3.74. The Kier molecular flexibility index (Phi) is 2.19. The molecule has 1 heterocycles. The summed E-state index contributed by atoms with van der Waals surface area (Å²) in [5.41, 5.74) is 0.547. The smallest absolute Gasteiger partial charge is 0.311 e. The van der Waals surface area contributed by atoms with Crippen molar-refractivity contribution in [3.63, 3.8) is 0 Å². The van der Waals surface area contributed by atoms with Crippen molar-refractivity contribution in [2.45, 2.75) is 26.2 Å². The van der Waals surface area contributed by atoms with Crippen molar-refractivity contribution in [3.8, 4) is 0 Å². The molecular formula is C8H12N2OS. The highest BCUT2D eigenvalue weighted by molar-refractivity contribution is 7.71. The molecule has 1 aromatic rings. The van der Waals surface area contributed by atoms with Crippen LogP contribution in [0.5, 0.6) is 0 Å². The topological polar surface area (TPSA) is 48.6 Å². The van der Waals surface area contributed by atoms with Gasteiger partial charge in [-0.2, -0.15) is 0 Å². The molecule has 0 aromatic carbocycles. The average molecular weight is 184 g/mol. The summed E-state index contributed by atoms with van der Waals surface area (Å²) in [6.45, 7) is 6.06. The Morgan fingerprint density at radius 2 is 1.92 bits per heavy atom. The fraction of sp³-hybridized carbons (Fsp3) is 0.500. The molecule has 0 radical (unpaired) electrons. The molecule has 0 atom stereocenters. The highest BCUT2D eigenvalue weighted by Crippen LogP contribution is 2.17. The van der Waals surface area contributed by atoms with Crippen LogP contribution in [0.15, 0.2) is 10.9 Å². The van der Waals surface area contributed by atoms with Gasteiger partial charge in [0.05, 0.1) is 0 Å². The van der Waals surface area contributed by atoms with Crippen molar-refractivity contribution in [1.29, 1.82) is 0 Å². The molecule has 0 aliphatic rings. The van der Waals surface area contributed by atoms with Gasteiger partial charge in [-0.05, 0) is 6.07 Å². The Labute approximate surface area is 75.9 Å². The second-order valence-corrected chi connectivity index (χ2v) is 4.19. The Morgan fingerprint density at radius 1 is 1.33 bits per heavy atom. The summed E-state index contributed by atoms with van der Waals surface area (Å²) in [5, 5.41) is 0. The van der Waals surface area contributed by atoms with E-state index in [1.165, 1.54) is 0 Å². The molecule has 0 bridgehead atoms. The fourth-order valence-electron chi connectivity index (χ4n) is 0.873. The van der Waals surface area contributed by atoms with Crippen molar-refractivity contribution in [2.24, 2.45) is 0 Å². The largest absolute Gasteiger partial charge is 0.324 e. The molecule has 1 rings (SSSR count). The molecule has 66 valence electrons. The first kappa shape index (κ1) is 9.19. The molecule has 0 saturated heterocycles. The molecule has 0 fully saturated rings. The summed E-state index contributed by atoms with van der Waals surface area (Å²) in [6, 6.07) is 1.77. The summed E-state index contributed by atoms with van der Waals surface area (Å²) >= 11 is 4.88.